The van der Waals surface area contributed by atoms with E-state index < -0.39 is 11.5 Å². The highest BCUT2D eigenvalue weighted by atomic mass is 19.3. The van der Waals surface area contributed by atoms with E-state index in [1.165, 1.54) is 0 Å². The van der Waals surface area contributed by atoms with Gasteiger partial charge in [-0.3, -0.25) is 0 Å². The molecule has 2 fully saturated rings. The number of amides is 2. The van der Waals surface area contributed by atoms with Crippen molar-refractivity contribution in [2.24, 2.45) is 5.73 Å². The number of hydrogen-bond acceptors (Lipinski definition) is 2. The van der Waals surface area contributed by atoms with Crippen molar-refractivity contribution in [1.29, 1.82) is 0 Å². The molecule has 2 amide bonds. The molecule has 0 atom stereocenters. The summed E-state index contributed by atoms with van der Waals surface area (Å²) in [5, 5.41) is 5.63. The first-order valence-corrected chi connectivity index (χ1v) is 7.10. The van der Waals surface area contributed by atoms with Crippen LogP contribution in [0.15, 0.2) is 0 Å². The van der Waals surface area contributed by atoms with E-state index in [1.807, 2.05) is 0 Å². The number of halogens is 2. The Bertz CT molecular complexity index is 320. The second-order valence-electron chi connectivity index (χ2n) is 6.03. The molecule has 0 aliphatic heterocycles. The largest absolute Gasteiger partial charge is 0.336 e. The van der Waals surface area contributed by atoms with Crippen LogP contribution in [-0.2, 0) is 0 Å². The maximum absolute atomic E-state index is 13.1. The van der Waals surface area contributed by atoms with Crippen LogP contribution < -0.4 is 16.4 Å². The first kappa shape index (κ1) is 14.5. The van der Waals surface area contributed by atoms with Crippen LogP contribution in [-0.4, -0.2) is 30.1 Å². The minimum atomic E-state index is -2.59. The van der Waals surface area contributed by atoms with Crippen LogP contribution >= 0.6 is 0 Å². The molecule has 4 N–H and O–H groups in total. The van der Waals surface area contributed by atoms with E-state index in [9.17, 15) is 13.6 Å². The van der Waals surface area contributed by atoms with Crippen molar-refractivity contribution in [3.63, 3.8) is 0 Å². The van der Waals surface area contributed by atoms with E-state index in [0.29, 0.717) is 0 Å². The van der Waals surface area contributed by atoms with Crippen molar-refractivity contribution in [2.75, 3.05) is 6.54 Å². The molecule has 2 aliphatic rings. The molecule has 0 saturated heterocycles. The Balaban J connectivity index is 1.70. The summed E-state index contributed by atoms with van der Waals surface area (Å²) in [6.45, 7) is 0.266. The lowest BCUT2D eigenvalue weighted by atomic mass is 9.80. The first-order valence-electron chi connectivity index (χ1n) is 7.10. The van der Waals surface area contributed by atoms with Crippen molar-refractivity contribution in [1.82, 2.24) is 10.6 Å². The van der Waals surface area contributed by atoms with Gasteiger partial charge in [-0.05, 0) is 25.7 Å². The quantitative estimate of drug-likeness (QED) is 0.738. The smallest absolute Gasteiger partial charge is 0.315 e. The Labute approximate surface area is 112 Å². The highest BCUT2D eigenvalue weighted by Gasteiger charge is 2.41. The number of carbonyl (C=O) groups excluding carboxylic acids is 1. The lowest BCUT2D eigenvalue weighted by Gasteiger charge is -2.37. The fourth-order valence-corrected chi connectivity index (χ4v) is 2.85. The third kappa shape index (κ3) is 4.30. The zero-order valence-electron chi connectivity index (χ0n) is 11.2. The molecule has 2 aliphatic carbocycles. The van der Waals surface area contributed by atoms with Crippen LogP contribution in [0.2, 0.25) is 0 Å². The predicted octanol–water partition coefficient (Wildman–Crippen LogP) is 2.13. The van der Waals surface area contributed by atoms with Crippen molar-refractivity contribution < 1.29 is 13.6 Å². The van der Waals surface area contributed by atoms with Gasteiger partial charge >= 0.3 is 6.03 Å². The maximum atomic E-state index is 13.1. The van der Waals surface area contributed by atoms with Gasteiger partial charge in [-0.2, -0.15) is 0 Å². The summed E-state index contributed by atoms with van der Waals surface area (Å²) in [5.41, 5.74) is 5.37. The van der Waals surface area contributed by atoms with E-state index in [0.717, 1.165) is 25.7 Å². The van der Waals surface area contributed by atoms with Gasteiger partial charge in [0.05, 0.1) is 0 Å². The molecule has 0 bridgehead atoms. The maximum Gasteiger partial charge on any atom is 0.315 e. The molecule has 2 saturated carbocycles. The summed E-state index contributed by atoms with van der Waals surface area (Å²) in [5.74, 6) is -2.59. The van der Waals surface area contributed by atoms with Gasteiger partial charge in [0.1, 0.15) is 0 Å². The second-order valence-corrected chi connectivity index (χ2v) is 6.03. The van der Waals surface area contributed by atoms with Gasteiger partial charge in [0.2, 0.25) is 5.92 Å². The Hall–Kier alpha value is -0.910. The normalized spacial score (nSPS) is 26.1. The van der Waals surface area contributed by atoms with Gasteiger partial charge in [0.15, 0.2) is 0 Å². The van der Waals surface area contributed by atoms with E-state index in [4.69, 9.17) is 5.73 Å². The number of urea groups is 1. The molecule has 2 rings (SSSR count). The molecule has 0 aromatic rings. The van der Waals surface area contributed by atoms with E-state index >= 15 is 0 Å². The topological polar surface area (TPSA) is 67.1 Å². The van der Waals surface area contributed by atoms with Gasteiger partial charge < -0.3 is 16.4 Å². The summed E-state index contributed by atoms with van der Waals surface area (Å²) >= 11 is 0. The van der Waals surface area contributed by atoms with Crippen molar-refractivity contribution in [2.45, 2.75) is 68.9 Å². The third-order valence-electron chi connectivity index (χ3n) is 4.27. The van der Waals surface area contributed by atoms with Gasteiger partial charge in [-0.1, -0.05) is 12.8 Å². The summed E-state index contributed by atoms with van der Waals surface area (Å²) in [6, 6.07) is 0.0264. The van der Waals surface area contributed by atoms with Crippen molar-refractivity contribution in [3.05, 3.63) is 0 Å². The zero-order valence-corrected chi connectivity index (χ0v) is 11.2. The molecule has 0 aromatic heterocycles. The molecule has 0 heterocycles. The molecule has 6 heteroatoms. The van der Waals surface area contributed by atoms with Gasteiger partial charge in [-0.15, -0.1) is 0 Å². The molecule has 0 radical (unpaired) electrons. The van der Waals surface area contributed by atoms with E-state index in [2.05, 4.69) is 10.6 Å². The van der Waals surface area contributed by atoms with Gasteiger partial charge in [-0.25, -0.2) is 13.6 Å². The molecule has 0 aromatic carbocycles. The molecular weight excluding hydrogens is 252 g/mol. The number of carbonyl (C=O) groups is 1. The van der Waals surface area contributed by atoms with E-state index in [-0.39, 0.29) is 44.3 Å². The summed E-state index contributed by atoms with van der Waals surface area (Å²) < 4.78 is 26.1. The van der Waals surface area contributed by atoms with Crippen LogP contribution in [0.1, 0.15) is 51.4 Å². The Morgan fingerprint density at radius 2 is 1.74 bits per heavy atom. The minimum Gasteiger partial charge on any atom is -0.336 e. The van der Waals surface area contributed by atoms with E-state index in [1.54, 1.807) is 0 Å². The highest BCUT2D eigenvalue weighted by molar-refractivity contribution is 5.74. The molecular formula is C13H23F2N3O. The zero-order chi connectivity index (χ0) is 13.9. The van der Waals surface area contributed by atoms with Crippen LogP contribution in [0.4, 0.5) is 13.6 Å². The Morgan fingerprint density at radius 1 is 1.16 bits per heavy atom. The fourth-order valence-electron chi connectivity index (χ4n) is 2.85. The minimum absolute atomic E-state index is 0.185. The molecule has 0 unspecified atom stereocenters. The first-order chi connectivity index (χ1) is 8.89. The van der Waals surface area contributed by atoms with Gasteiger partial charge in [0, 0.05) is 31.0 Å². The summed E-state index contributed by atoms with van der Waals surface area (Å²) in [4.78, 5) is 11.7. The number of nitrogens with one attached hydrogen (secondary N) is 2. The van der Waals surface area contributed by atoms with Crippen LogP contribution in [0.5, 0.6) is 0 Å². The van der Waals surface area contributed by atoms with Crippen LogP contribution in [0.25, 0.3) is 0 Å². The Morgan fingerprint density at radius 3 is 2.32 bits per heavy atom. The number of nitrogens with two attached hydrogens (primary N) is 1. The number of rotatable bonds is 3. The molecule has 4 nitrogen and oxygen atoms in total. The third-order valence-corrected chi connectivity index (χ3v) is 4.27. The SMILES string of the molecule is NC1(CNC(=O)NC2CCCC2)CCC(F)(F)CC1. The molecule has 110 valence electrons. The van der Waals surface area contributed by atoms with Crippen LogP contribution in [0.3, 0.4) is 0 Å². The summed E-state index contributed by atoms with van der Waals surface area (Å²) in [6.07, 6.45) is 4.49. The molecule has 19 heavy (non-hydrogen) atoms. The van der Waals surface area contributed by atoms with Crippen LogP contribution in [0, 0.1) is 0 Å². The van der Waals surface area contributed by atoms with Crippen molar-refractivity contribution >= 4 is 6.03 Å². The standard InChI is InChI=1S/C13H23F2N3O/c14-13(15)7-5-12(16,6-8-13)9-17-11(19)18-10-3-1-2-4-10/h10H,1-9,16H2,(H2,17,18,19). The lowest BCUT2D eigenvalue weighted by Crippen LogP contribution is -2.55. The Kier molecular flexibility index (Phi) is 4.28. The average Bonchev–Trinajstić information content (AvgIpc) is 2.84. The monoisotopic (exact) mass is 275 g/mol. The highest BCUT2D eigenvalue weighted by Crippen LogP contribution is 2.36. The lowest BCUT2D eigenvalue weighted by molar-refractivity contribution is -0.0499. The average molecular weight is 275 g/mol. The summed E-state index contributed by atoms with van der Waals surface area (Å²) in [7, 11) is 0. The second kappa shape index (κ2) is 5.61. The fraction of sp³-hybridized carbons (Fsp3) is 0.923. The molecule has 0 spiro atoms. The van der Waals surface area contributed by atoms with Crippen molar-refractivity contribution in [3.8, 4) is 0 Å². The van der Waals surface area contributed by atoms with Gasteiger partial charge in [0.25, 0.3) is 0 Å². The predicted molar refractivity (Wildman–Crippen MR) is 69.1 cm³/mol. The number of hydrogen-bond donors (Lipinski definition) is 3. The number of alkyl halides is 2.